The number of aryl methyl sites for hydroxylation is 1. The smallest absolute Gasteiger partial charge is 0.268 e. The summed E-state index contributed by atoms with van der Waals surface area (Å²) < 4.78 is 87.1. The lowest BCUT2D eigenvalue weighted by Crippen LogP contribution is -2.40. The molecule has 0 atom stereocenters. The van der Waals surface area contributed by atoms with Crippen LogP contribution in [-0.2, 0) is 26.4 Å². The third kappa shape index (κ3) is 8.74. The minimum Gasteiger partial charge on any atom is -0.268 e. The quantitative estimate of drug-likeness (QED) is 0.120. The molecule has 0 unspecified atom stereocenters. The van der Waals surface area contributed by atoms with E-state index in [0.717, 1.165) is 42.5 Å². The highest BCUT2D eigenvalue weighted by molar-refractivity contribution is 9.10. The molecule has 68 heavy (non-hydrogen) atoms. The number of alkyl halides is 6. The monoisotopic (exact) mass is 994 g/mol. The van der Waals surface area contributed by atoms with Crippen molar-refractivity contribution in [1.29, 1.82) is 0 Å². The number of nitrogens with zero attached hydrogens (tertiary/aromatic N) is 10. The first-order valence-corrected chi connectivity index (χ1v) is 20.6. The van der Waals surface area contributed by atoms with E-state index in [1.807, 2.05) is 0 Å². The zero-order valence-corrected chi connectivity index (χ0v) is 37.7. The first kappa shape index (κ1) is 47.7. The Hall–Kier alpha value is -8.30. The molecule has 0 saturated heterocycles. The van der Waals surface area contributed by atoms with Crippen molar-refractivity contribution < 1.29 is 26.3 Å². The van der Waals surface area contributed by atoms with Gasteiger partial charge in [-0.1, -0.05) is 36.4 Å². The molecular weight excluding hydrogens is 962 g/mol. The second kappa shape index (κ2) is 18.2. The molecule has 4 aromatic carbocycles. The number of rotatable bonds is 6. The molecule has 0 fully saturated rings. The largest absolute Gasteiger partial charge is 0.416 e. The summed E-state index contributed by atoms with van der Waals surface area (Å²) in [7, 11) is 2.54. The van der Waals surface area contributed by atoms with Crippen LogP contribution in [0.25, 0.3) is 55.0 Å². The lowest BCUT2D eigenvalue weighted by molar-refractivity contribution is -0.138. The second-order valence-corrected chi connectivity index (χ2v) is 15.9. The van der Waals surface area contributed by atoms with Crippen molar-refractivity contribution >= 4 is 27.3 Å². The maximum atomic E-state index is 13.3. The van der Waals surface area contributed by atoms with E-state index in [2.05, 4.69) is 35.8 Å². The first-order valence-electron chi connectivity index (χ1n) is 19.8. The predicted octanol–water partition coefficient (Wildman–Crippen LogP) is 9.60. The van der Waals surface area contributed by atoms with Gasteiger partial charge in [-0.2, -0.15) is 36.5 Å². The van der Waals surface area contributed by atoms with Gasteiger partial charge in [0.05, 0.1) is 86.4 Å². The summed E-state index contributed by atoms with van der Waals surface area (Å²) in [6.45, 7) is 19.0. The van der Waals surface area contributed by atoms with Gasteiger partial charge < -0.3 is 0 Å². The lowest BCUT2D eigenvalue weighted by atomic mass is 10.1. The fourth-order valence-electron chi connectivity index (χ4n) is 7.44. The minimum atomic E-state index is -4.60. The van der Waals surface area contributed by atoms with Gasteiger partial charge in [-0.3, -0.25) is 27.9 Å². The molecule has 4 heterocycles. The van der Waals surface area contributed by atoms with Crippen LogP contribution in [0, 0.1) is 33.9 Å². The Kier molecular flexibility index (Phi) is 12.7. The van der Waals surface area contributed by atoms with Crippen LogP contribution in [0.5, 0.6) is 0 Å². The van der Waals surface area contributed by atoms with E-state index in [4.69, 9.17) is 13.1 Å². The van der Waals surface area contributed by atoms with Gasteiger partial charge in [0, 0.05) is 25.5 Å². The van der Waals surface area contributed by atoms with Gasteiger partial charge in [-0.25, -0.2) is 28.6 Å². The molecule has 0 aliphatic carbocycles. The number of hydrogen-bond acceptors (Lipinski definition) is 6. The average molecular weight is 996 g/mol. The molecule has 8 rings (SSSR count). The molecule has 8 aromatic rings. The third-order valence-electron chi connectivity index (χ3n) is 10.8. The molecule has 21 heteroatoms. The Labute approximate surface area is 389 Å². The molecule has 0 saturated carbocycles. The minimum absolute atomic E-state index is 0.0145. The summed E-state index contributed by atoms with van der Waals surface area (Å²) in [5, 5.41) is 8.66. The Morgan fingerprint density at radius 2 is 0.926 bits per heavy atom. The Bertz CT molecular complexity index is 3380. The fourth-order valence-corrected chi connectivity index (χ4v) is 7.90. The van der Waals surface area contributed by atoms with Crippen molar-refractivity contribution in [2.24, 2.45) is 14.1 Å². The van der Waals surface area contributed by atoms with Crippen LogP contribution < -0.4 is 22.5 Å². The summed E-state index contributed by atoms with van der Waals surface area (Å²) >= 11 is 3.39. The molecule has 0 spiro atoms. The van der Waals surface area contributed by atoms with Crippen LogP contribution in [0.1, 0.15) is 28.1 Å². The van der Waals surface area contributed by atoms with Crippen molar-refractivity contribution in [1.82, 2.24) is 37.8 Å². The van der Waals surface area contributed by atoms with Gasteiger partial charge in [-0.15, -0.1) is 0 Å². The van der Waals surface area contributed by atoms with E-state index in [1.165, 1.54) is 67.8 Å². The van der Waals surface area contributed by atoms with E-state index >= 15 is 0 Å². The van der Waals surface area contributed by atoms with Crippen LogP contribution in [0.2, 0.25) is 0 Å². The van der Waals surface area contributed by atoms with Gasteiger partial charge in [0.25, 0.3) is 11.1 Å². The molecule has 0 N–H and O–H groups in total. The second-order valence-electron chi connectivity index (χ2n) is 15.1. The van der Waals surface area contributed by atoms with Gasteiger partial charge in [0.2, 0.25) is 0 Å². The van der Waals surface area contributed by atoms with Crippen molar-refractivity contribution in [2.75, 3.05) is 0 Å². The predicted molar refractivity (Wildman–Crippen MR) is 244 cm³/mol. The molecule has 0 amide bonds. The Morgan fingerprint density at radius 1 is 0.544 bits per heavy atom. The molecule has 4 aromatic heterocycles. The highest BCUT2D eigenvalue weighted by Gasteiger charge is 2.33. The molecular formula is C47H33BrF6N10O4. The highest BCUT2D eigenvalue weighted by atomic mass is 79.9. The summed E-state index contributed by atoms with van der Waals surface area (Å²) in [6.07, 6.45) is -6.17. The summed E-state index contributed by atoms with van der Waals surface area (Å²) in [5.74, 6) is 0. The van der Waals surface area contributed by atoms with Crippen LogP contribution in [0.4, 0.5) is 37.7 Å². The van der Waals surface area contributed by atoms with Crippen LogP contribution in [-0.4, -0.2) is 37.8 Å². The zero-order valence-electron chi connectivity index (χ0n) is 36.1. The molecule has 14 nitrogen and oxygen atoms in total. The molecule has 0 aliphatic heterocycles. The van der Waals surface area contributed by atoms with Crippen molar-refractivity contribution in [3.8, 4) is 45.3 Å². The third-order valence-corrected chi connectivity index (χ3v) is 11.4. The van der Waals surface area contributed by atoms with Crippen molar-refractivity contribution in [3.63, 3.8) is 0 Å². The summed E-state index contributed by atoms with van der Waals surface area (Å²) in [6, 6.07) is 21.8. The maximum absolute atomic E-state index is 13.3. The van der Waals surface area contributed by atoms with E-state index in [9.17, 15) is 45.5 Å². The number of aromatic nitrogens is 8. The van der Waals surface area contributed by atoms with Crippen molar-refractivity contribution in [3.05, 3.63) is 207 Å². The van der Waals surface area contributed by atoms with Crippen LogP contribution in [0.15, 0.2) is 133 Å². The Morgan fingerprint density at radius 3 is 1.32 bits per heavy atom. The molecule has 0 aliphatic rings. The van der Waals surface area contributed by atoms with E-state index < -0.39 is 46.0 Å². The average Bonchev–Trinajstić information content (AvgIpc) is 3.89. The van der Waals surface area contributed by atoms with Crippen LogP contribution in [0.3, 0.4) is 0 Å². The van der Waals surface area contributed by atoms with Gasteiger partial charge in [0.15, 0.2) is 11.4 Å². The van der Waals surface area contributed by atoms with Crippen LogP contribution >= 0.6 is 15.9 Å². The first-order chi connectivity index (χ1) is 32.1. The molecule has 344 valence electrons. The summed E-state index contributed by atoms with van der Waals surface area (Å²) in [5.41, 5.74) is -0.815. The topological polar surface area (TPSA) is 132 Å². The van der Waals surface area contributed by atoms with E-state index in [1.54, 1.807) is 61.7 Å². The zero-order chi connectivity index (χ0) is 49.6. The van der Waals surface area contributed by atoms with Gasteiger partial charge in [-0.05, 0) is 103 Å². The lowest BCUT2D eigenvalue weighted by Gasteiger charge is -2.18. The maximum Gasteiger partial charge on any atom is 0.416 e. The van der Waals surface area contributed by atoms with Crippen molar-refractivity contribution in [2.45, 2.75) is 33.1 Å². The van der Waals surface area contributed by atoms with E-state index in [-0.39, 0.29) is 33.9 Å². The Balaban J connectivity index is 0.000000201. The fraction of sp³-hybridized carbons (Fsp3) is 0.149. The summed E-state index contributed by atoms with van der Waals surface area (Å²) in [4.78, 5) is 59.2. The highest BCUT2D eigenvalue weighted by Crippen LogP contribution is 2.35. The molecule has 0 bridgehead atoms. The van der Waals surface area contributed by atoms with Gasteiger partial charge in [0.1, 0.15) is 0 Å². The number of hydrogen-bond donors (Lipinski definition) is 0. The normalized spacial score (nSPS) is 11.4. The molecule has 0 radical (unpaired) electrons. The van der Waals surface area contributed by atoms with Gasteiger partial charge >= 0.3 is 23.7 Å². The number of halogens is 7. The van der Waals surface area contributed by atoms with E-state index in [0.29, 0.717) is 44.2 Å². The SMILES string of the molecule is [C-]#[N+]c1ccc(-n2ncc(Br)c2-c2c(C)n(-c3cccc(C(F)(F)F)c3)c(=O)n(C)c2=O)cc1.[C-]#[N+]c1ccc(-n2ncc(C)c2-c2c(C)n(-c3cccc(C(F)(F)F)c3)c(=O)n(C)c2=O)cc1. The standard InChI is InChI=1S/C24H18F3N5O2.C23H15BrF3N5O2/c1-14-13-29-32(18-10-8-17(28-3)9-11-18)21(14)20-15(2)31(23(34)30(4)22(20)33)19-7-5-6-16(12-19)24(25,26)27;1-13-19(20-18(24)12-29-32(20)16-9-7-15(28-2)8-10-16)21(33)30(3)22(34)31(13)17-6-4-5-14(11-17)23(25,26)27/h5-13H,1-2,4H3;4-12H,1,3H3. The number of benzene rings is 4.